The molecule has 1 fully saturated rings. The van der Waals surface area contributed by atoms with Gasteiger partial charge in [0.1, 0.15) is 11.8 Å². The number of amides is 2. The van der Waals surface area contributed by atoms with Gasteiger partial charge in [0, 0.05) is 24.4 Å². The van der Waals surface area contributed by atoms with Gasteiger partial charge in [0.25, 0.3) is 5.91 Å². The van der Waals surface area contributed by atoms with Gasteiger partial charge in [0.15, 0.2) is 0 Å². The molecule has 0 spiro atoms. The van der Waals surface area contributed by atoms with Crippen LogP contribution in [0.25, 0.3) is 0 Å². The lowest BCUT2D eigenvalue weighted by Gasteiger charge is -2.25. The molecule has 166 valence electrons. The zero-order valence-corrected chi connectivity index (χ0v) is 19.0. The Morgan fingerprint density at radius 2 is 2.06 bits per heavy atom. The SMILES string of the molecule is CCOc1ccccc1C(=O)N1CCCC1C(=O)NCCCc1nc2c(s1)CCCC2. The second kappa shape index (κ2) is 10.3. The van der Waals surface area contributed by atoms with Crippen LogP contribution >= 0.6 is 11.3 Å². The Balaban J connectivity index is 1.30. The highest BCUT2D eigenvalue weighted by Gasteiger charge is 2.35. The van der Waals surface area contributed by atoms with Crippen LogP contribution in [-0.4, -0.2) is 47.4 Å². The molecular weight excluding hydrogens is 410 g/mol. The van der Waals surface area contributed by atoms with E-state index in [9.17, 15) is 9.59 Å². The fourth-order valence-electron chi connectivity index (χ4n) is 4.44. The van der Waals surface area contributed by atoms with Crippen molar-refractivity contribution < 1.29 is 14.3 Å². The van der Waals surface area contributed by atoms with E-state index in [1.165, 1.54) is 34.8 Å². The molecule has 4 rings (SSSR count). The predicted octanol–water partition coefficient (Wildman–Crippen LogP) is 3.77. The minimum atomic E-state index is -0.408. The standard InChI is InChI=1S/C24H31N3O3S/c1-2-30-20-12-5-3-9-17(20)24(29)27-16-8-11-19(27)23(28)25-15-7-14-22-26-18-10-4-6-13-21(18)31-22/h3,5,9,12,19H,2,4,6-8,10-11,13-16H2,1H3,(H,25,28). The Bertz CT molecular complexity index is 903. The van der Waals surface area contributed by atoms with Gasteiger partial charge in [-0.25, -0.2) is 4.98 Å². The average molecular weight is 442 g/mol. The zero-order chi connectivity index (χ0) is 21.6. The first kappa shape index (κ1) is 21.8. The van der Waals surface area contributed by atoms with Crippen molar-refractivity contribution in [1.29, 1.82) is 0 Å². The van der Waals surface area contributed by atoms with Gasteiger partial charge in [-0.1, -0.05) is 12.1 Å². The summed E-state index contributed by atoms with van der Waals surface area (Å²) in [6.07, 6.45) is 8.11. The third kappa shape index (κ3) is 5.09. The first-order valence-electron chi connectivity index (χ1n) is 11.5. The Labute approximate surface area is 188 Å². The Morgan fingerprint density at radius 3 is 2.90 bits per heavy atom. The second-order valence-electron chi connectivity index (χ2n) is 8.16. The largest absolute Gasteiger partial charge is 0.493 e. The van der Waals surface area contributed by atoms with E-state index in [2.05, 4.69) is 5.32 Å². The van der Waals surface area contributed by atoms with E-state index in [1.54, 1.807) is 17.0 Å². The van der Waals surface area contributed by atoms with Crippen molar-refractivity contribution in [2.24, 2.45) is 0 Å². The number of ether oxygens (including phenoxy) is 1. The van der Waals surface area contributed by atoms with Crippen LogP contribution in [0.3, 0.4) is 0 Å². The highest BCUT2D eigenvalue weighted by molar-refractivity contribution is 7.11. The van der Waals surface area contributed by atoms with Crippen molar-refractivity contribution in [2.45, 2.75) is 64.3 Å². The van der Waals surface area contributed by atoms with Crippen LogP contribution in [0.15, 0.2) is 24.3 Å². The topological polar surface area (TPSA) is 71.5 Å². The molecule has 1 unspecified atom stereocenters. The first-order valence-corrected chi connectivity index (χ1v) is 12.3. The molecule has 0 bridgehead atoms. The van der Waals surface area contributed by atoms with Gasteiger partial charge in [-0.05, 0) is 64.0 Å². The summed E-state index contributed by atoms with van der Waals surface area (Å²) in [6.45, 7) is 3.60. The number of carbonyl (C=O) groups is 2. The highest BCUT2D eigenvalue weighted by Crippen LogP contribution is 2.28. The number of para-hydroxylation sites is 1. The monoisotopic (exact) mass is 441 g/mol. The summed E-state index contributed by atoms with van der Waals surface area (Å²) in [5.41, 5.74) is 1.82. The van der Waals surface area contributed by atoms with Gasteiger partial charge in [-0.3, -0.25) is 9.59 Å². The van der Waals surface area contributed by atoms with Crippen molar-refractivity contribution in [2.75, 3.05) is 19.7 Å². The molecule has 2 aliphatic rings. The van der Waals surface area contributed by atoms with Crippen molar-refractivity contribution in [3.8, 4) is 5.75 Å². The van der Waals surface area contributed by atoms with E-state index in [4.69, 9.17) is 9.72 Å². The highest BCUT2D eigenvalue weighted by atomic mass is 32.1. The normalized spacial score (nSPS) is 18.0. The summed E-state index contributed by atoms with van der Waals surface area (Å²) < 4.78 is 5.61. The van der Waals surface area contributed by atoms with Gasteiger partial charge >= 0.3 is 0 Å². The molecule has 1 aromatic heterocycles. The zero-order valence-electron chi connectivity index (χ0n) is 18.2. The third-order valence-corrected chi connectivity index (χ3v) is 7.21. The molecule has 0 saturated carbocycles. The van der Waals surface area contributed by atoms with E-state index < -0.39 is 6.04 Å². The van der Waals surface area contributed by atoms with Crippen LogP contribution in [0.1, 0.15) is 65.0 Å². The van der Waals surface area contributed by atoms with Gasteiger partial charge < -0.3 is 15.0 Å². The maximum Gasteiger partial charge on any atom is 0.258 e. The van der Waals surface area contributed by atoms with Crippen LogP contribution in [0, 0.1) is 0 Å². The maximum absolute atomic E-state index is 13.1. The molecule has 7 heteroatoms. The van der Waals surface area contributed by atoms with Crippen molar-refractivity contribution >= 4 is 23.2 Å². The van der Waals surface area contributed by atoms with E-state index in [0.717, 1.165) is 25.7 Å². The predicted molar refractivity (Wildman–Crippen MR) is 122 cm³/mol. The van der Waals surface area contributed by atoms with Crippen molar-refractivity contribution in [3.05, 3.63) is 45.4 Å². The fraction of sp³-hybridized carbons (Fsp3) is 0.542. The molecule has 6 nitrogen and oxygen atoms in total. The molecule has 1 saturated heterocycles. The molecule has 1 aliphatic carbocycles. The van der Waals surface area contributed by atoms with Gasteiger partial charge in [0.05, 0.1) is 22.9 Å². The minimum Gasteiger partial charge on any atom is -0.493 e. The van der Waals surface area contributed by atoms with Crippen molar-refractivity contribution in [1.82, 2.24) is 15.2 Å². The number of hydrogen-bond acceptors (Lipinski definition) is 5. The Kier molecular flexibility index (Phi) is 7.22. The molecule has 1 atom stereocenters. The first-order chi connectivity index (χ1) is 15.2. The van der Waals surface area contributed by atoms with E-state index in [0.29, 0.717) is 37.4 Å². The number of nitrogens with one attached hydrogen (secondary N) is 1. The molecule has 2 heterocycles. The number of thiazole rings is 1. The minimum absolute atomic E-state index is 0.0572. The molecule has 2 aromatic rings. The van der Waals surface area contributed by atoms with Crippen LogP contribution in [0.2, 0.25) is 0 Å². The van der Waals surface area contributed by atoms with Crippen LogP contribution in [-0.2, 0) is 24.1 Å². The smallest absolute Gasteiger partial charge is 0.258 e. The second-order valence-corrected chi connectivity index (χ2v) is 9.33. The molecule has 1 aromatic carbocycles. The number of aromatic nitrogens is 1. The lowest BCUT2D eigenvalue weighted by molar-refractivity contribution is -0.124. The molecule has 2 amide bonds. The molecular formula is C24H31N3O3S. The molecule has 0 radical (unpaired) electrons. The average Bonchev–Trinajstić information content (AvgIpc) is 3.43. The van der Waals surface area contributed by atoms with Gasteiger partial charge in [-0.2, -0.15) is 0 Å². The number of likely N-dealkylation sites (tertiary alicyclic amines) is 1. The number of aryl methyl sites for hydroxylation is 3. The number of benzene rings is 1. The number of rotatable bonds is 8. The number of fused-ring (bicyclic) bond motifs is 1. The maximum atomic E-state index is 13.1. The molecule has 31 heavy (non-hydrogen) atoms. The van der Waals surface area contributed by atoms with Gasteiger partial charge in [0.2, 0.25) is 5.91 Å². The van der Waals surface area contributed by atoms with Crippen LogP contribution in [0.5, 0.6) is 5.75 Å². The summed E-state index contributed by atoms with van der Waals surface area (Å²) in [6, 6.07) is 6.85. The van der Waals surface area contributed by atoms with Crippen LogP contribution in [0.4, 0.5) is 0 Å². The summed E-state index contributed by atoms with van der Waals surface area (Å²) >= 11 is 1.84. The lowest BCUT2D eigenvalue weighted by Crippen LogP contribution is -2.46. The van der Waals surface area contributed by atoms with Crippen molar-refractivity contribution in [3.63, 3.8) is 0 Å². The summed E-state index contributed by atoms with van der Waals surface area (Å²) in [4.78, 5) is 33.9. The number of carbonyl (C=O) groups excluding carboxylic acids is 2. The van der Waals surface area contributed by atoms with Crippen LogP contribution < -0.4 is 10.1 Å². The third-order valence-electron chi connectivity index (χ3n) is 5.99. The summed E-state index contributed by atoms with van der Waals surface area (Å²) in [5, 5.41) is 4.23. The van der Waals surface area contributed by atoms with E-state index in [-0.39, 0.29) is 11.8 Å². The summed E-state index contributed by atoms with van der Waals surface area (Å²) in [5.74, 6) is 0.389. The fourth-order valence-corrected chi connectivity index (χ4v) is 5.64. The Hall–Kier alpha value is -2.41. The summed E-state index contributed by atoms with van der Waals surface area (Å²) in [7, 11) is 0. The van der Waals surface area contributed by atoms with E-state index >= 15 is 0 Å². The lowest BCUT2D eigenvalue weighted by atomic mass is 10.0. The van der Waals surface area contributed by atoms with E-state index in [1.807, 2.05) is 30.4 Å². The quantitative estimate of drug-likeness (QED) is 0.633. The Morgan fingerprint density at radius 1 is 1.23 bits per heavy atom. The number of hydrogen-bond donors (Lipinski definition) is 1. The molecule has 1 aliphatic heterocycles. The number of nitrogens with zero attached hydrogens (tertiary/aromatic N) is 2. The van der Waals surface area contributed by atoms with Gasteiger partial charge in [-0.15, -0.1) is 11.3 Å². The molecule has 1 N–H and O–H groups in total.